The molecular formula is C13H14N2O3. The number of oxazole rings is 1. The molecule has 0 radical (unpaired) electrons. The Morgan fingerprint density at radius 1 is 1.44 bits per heavy atom. The van der Waals surface area contributed by atoms with Gasteiger partial charge in [0, 0.05) is 0 Å². The van der Waals surface area contributed by atoms with Crippen LogP contribution in [-0.4, -0.2) is 17.5 Å². The van der Waals surface area contributed by atoms with Crippen molar-refractivity contribution in [3.05, 3.63) is 42.6 Å². The second kappa shape index (κ2) is 5.86. The van der Waals surface area contributed by atoms with E-state index >= 15 is 0 Å². The lowest BCUT2D eigenvalue weighted by Gasteiger charge is -2.10. The molecule has 0 aliphatic rings. The first kappa shape index (κ1) is 12.2. The molecule has 1 heterocycles. The van der Waals surface area contributed by atoms with Crippen molar-refractivity contribution < 1.29 is 13.9 Å². The molecule has 0 bridgehead atoms. The number of para-hydroxylation sites is 2. The monoisotopic (exact) mass is 246 g/mol. The number of nitrogens with one attached hydrogen (secondary N) is 1. The predicted molar refractivity (Wildman–Crippen MR) is 66.4 cm³/mol. The summed E-state index contributed by atoms with van der Waals surface area (Å²) in [6, 6.07) is 7.31. The zero-order valence-corrected chi connectivity index (χ0v) is 10.1. The number of rotatable bonds is 5. The first-order valence-electron chi connectivity index (χ1n) is 5.68. The second-order valence-electron chi connectivity index (χ2n) is 3.63. The summed E-state index contributed by atoms with van der Waals surface area (Å²) in [4.78, 5) is 15.7. The standard InChI is InChI=1S/C13H14N2O3/c1-2-18-12-6-4-3-5-11(12)15-13(16)7-10-8-17-9-14-10/h3-6,8-9H,2,7H2,1H3,(H,15,16). The number of hydrogen-bond acceptors (Lipinski definition) is 4. The van der Waals surface area contributed by atoms with Crippen LogP contribution in [0.4, 0.5) is 5.69 Å². The molecule has 18 heavy (non-hydrogen) atoms. The Morgan fingerprint density at radius 3 is 3.00 bits per heavy atom. The van der Waals surface area contributed by atoms with Crippen molar-refractivity contribution in [2.45, 2.75) is 13.3 Å². The van der Waals surface area contributed by atoms with Gasteiger partial charge in [-0.1, -0.05) is 12.1 Å². The highest BCUT2D eigenvalue weighted by molar-refractivity contribution is 5.93. The molecule has 2 aromatic rings. The minimum atomic E-state index is -0.156. The minimum Gasteiger partial charge on any atom is -0.492 e. The normalized spacial score (nSPS) is 10.1. The molecule has 94 valence electrons. The fourth-order valence-corrected chi connectivity index (χ4v) is 1.54. The lowest BCUT2D eigenvalue weighted by atomic mass is 10.2. The summed E-state index contributed by atoms with van der Waals surface area (Å²) in [5.41, 5.74) is 1.26. The van der Waals surface area contributed by atoms with Gasteiger partial charge >= 0.3 is 0 Å². The van der Waals surface area contributed by atoms with Gasteiger partial charge in [0.05, 0.1) is 24.4 Å². The number of aromatic nitrogens is 1. The van der Waals surface area contributed by atoms with E-state index in [9.17, 15) is 4.79 Å². The number of nitrogens with zero attached hydrogens (tertiary/aromatic N) is 1. The van der Waals surface area contributed by atoms with E-state index in [2.05, 4.69) is 10.3 Å². The molecule has 2 rings (SSSR count). The van der Waals surface area contributed by atoms with Gasteiger partial charge in [0.25, 0.3) is 0 Å². The Hall–Kier alpha value is -2.30. The lowest BCUT2D eigenvalue weighted by Crippen LogP contribution is -2.15. The average molecular weight is 246 g/mol. The van der Waals surface area contributed by atoms with Crippen LogP contribution in [0.25, 0.3) is 0 Å². The first-order chi connectivity index (χ1) is 8.79. The predicted octanol–water partition coefficient (Wildman–Crippen LogP) is 2.25. The Morgan fingerprint density at radius 2 is 2.28 bits per heavy atom. The summed E-state index contributed by atoms with van der Waals surface area (Å²) in [5, 5.41) is 2.79. The maximum absolute atomic E-state index is 11.8. The van der Waals surface area contributed by atoms with Crippen LogP contribution >= 0.6 is 0 Å². The topological polar surface area (TPSA) is 64.4 Å². The van der Waals surface area contributed by atoms with Crippen LogP contribution in [0.15, 0.2) is 41.3 Å². The number of amides is 1. The quantitative estimate of drug-likeness (QED) is 0.878. The smallest absolute Gasteiger partial charge is 0.230 e. The lowest BCUT2D eigenvalue weighted by molar-refractivity contribution is -0.115. The molecule has 1 amide bonds. The van der Waals surface area contributed by atoms with Crippen LogP contribution in [0.3, 0.4) is 0 Å². The van der Waals surface area contributed by atoms with Crippen LogP contribution in [0.2, 0.25) is 0 Å². The van der Waals surface area contributed by atoms with Gasteiger partial charge in [0.1, 0.15) is 12.0 Å². The van der Waals surface area contributed by atoms with E-state index in [1.807, 2.05) is 25.1 Å². The van der Waals surface area contributed by atoms with Crippen LogP contribution in [0.5, 0.6) is 5.75 Å². The van der Waals surface area contributed by atoms with E-state index < -0.39 is 0 Å². The molecule has 0 saturated heterocycles. The molecule has 5 heteroatoms. The van der Waals surface area contributed by atoms with Crippen molar-refractivity contribution in [1.82, 2.24) is 4.98 Å². The fourth-order valence-electron chi connectivity index (χ4n) is 1.54. The Balaban J connectivity index is 2.02. The zero-order chi connectivity index (χ0) is 12.8. The molecule has 0 aliphatic heterocycles. The third-order valence-electron chi connectivity index (χ3n) is 2.29. The number of benzene rings is 1. The van der Waals surface area contributed by atoms with Gasteiger partial charge in [-0.2, -0.15) is 0 Å². The number of anilines is 1. The van der Waals surface area contributed by atoms with E-state index in [1.165, 1.54) is 12.7 Å². The summed E-state index contributed by atoms with van der Waals surface area (Å²) in [6.07, 6.45) is 2.93. The highest BCUT2D eigenvalue weighted by Gasteiger charge is 2.09. The summed E-state index contributed by atoms with van der Waals surface area (Å²) in [6.45, 7) is 2.45. The molecule has 1 aromatic heterocycles. The van der Waals surface area contributed by atoms with Gasteiger partial charge in [0.2, 0.25) is 5.91 Å². The van der Waals surface area contributed by atoms with E-state index in [4.69, 9.17) is 9.15 Å². The van der Waals surface area contributed by atoms with Gasteiger partial charge in [-0.3, -0.25) is 4.79 Å². The zero-order valence-electron chi connectivity index (χ0n) is 10.1. The molecule has 0 spiro atoms. The summed E-state index contributed by atoms with van der Waals surface area (Å²) in [7, 11) is 0. The van der Waals surface area contributed by atoms with Crippen LogP contribution < -0.4 is 10.1 Å². The maximum atomic E-state index is 11.8. The summed E-state index contributed by atoms with van der Waals surface area (Å²) in [5.74, 6) is 0.504. The molecule has 0 unspecified atom stereocenters. The molecule has 5 nitrogen and oxygen atoms in total. The third-order valence-corrected chi connectivity index (χ3v) is 2.29. The number of ether oxygens (including phenoxy) is 1. The minimum absolute atomic E-state index is 0.156. The summed E-state index contributed by atoms with van der Waals surface area (Å²) < 4.78 is 10.2. The van der Waals surface area contributed by atoms with E-state index in [-0.39, 0.29) is 12.3 Å². The second-order valence-corrected chi connectivity index (χ2v) is 3.63. The molecule has 1 N–H and O–H groups in total. The molecular weight excluding hydrogens is 232 g/mol. The van der Waals surface area contributed by atoms with Crippen molar-refractivity contribution >= 4 is 11.6 Å². The van der Waals surface area contributed by atoms with Crippen molar-refractivity contribution in [3.8, 4) is 5.75 Å². The van der Waals surface area contributed by atoms with Crippen LogP contribution in [0.1, 0.15) is 12.6 Å². The Kier molecular flexibility index (Phi) is 3.96. The largest absolute Gasteiger partial charge is 0.492 e. The van der Waals surface area contributed by atoms with Gasteiger partial charge in [0.15, 0.2) is 6.39 Å². The van der Waals surface area contributed by atoms with Crippen molar-refractivity contribution in [2.75, 3.05) is 11.9 Å². The molecule has 1 aromatic carbocycles. The Labute approximate surface area is 105 Å². The average Bonchev–Trinajstić information content (AvgIpc) is 2.84. The number of carbonyl (C=O) groups is 1. The van der Waals surface area contributed by atoms with Crippen molar-refractivity contribution in [2.24, 2.45) is 0 Å². The van der Waals surface area contributed by atoms with Gasteiger partial charge in [-0.05, 0) is 19.1 Å². The van der Waals surface area contributed by atoms with Crippen molar-refractivity contribution in [1.29, 1.82) is 0 Å². The van der Waals surface area contributed by atoms with Gasteiger partial charge in [-0.25, -0.2) is 4.98 Å². The molecule has 0 fully saturated rings. The fraction of sp³-hybridized carbons (Fsp3) is 0.231. The number of hydrogen-bond donors (Lipinski definition) is 1. The van der Waals surface area contributed by atoms with Gasteiger partial charge in [-0.15, -0.1) is 0 Å². The molecule has 0 saturated carbocycles. The van der Waals surface area contributed by atoms with E-state index in [0.717, 1.165) is 0 Å². The SMILES string of the molecule is CCOc1ccccc1NC(=O)Cc1cocn1. The van der Waals surface area contributed by atoms with Crippen LogP contribution in [-0.2, 0) is 11.2 Å². The highest BCUT2D eigenvalue weighted by atomic mass is 16.5. The Bertz CT molecular complexity index is 509. The van der Waals surface area contributed by atoms with Crippen molar-refractivity contribution in [3.63, 3.8) is 0 Å². The highest BCUT2D eigenvalue weighted by Crippen LogP contribution is 2.23. The first-order valence-corrected chi connectivity index (χ1v) is 5.68. The molecule has 0 aliphatic carbocycles. The number of carbonyl (C=O) groups excluding carboxylic acids is 1. The van der Waals surface area contributed by atoms with E-state index in [0.29, 0.717) is 23.7 Å². The maximum Gasteiger partial charge on any atom is 0.230 e. The van der Waals surface area contributed by atoms with Gasteiger partial charge < -0.3 is 14.5 Å². The van der Waals surface area contributed by atoms with E-state index in [1.54, 1.807) is 6.07 Å². The molecule has 0 atom stereocenters. The summed E-state index contributed by atoms with van der Waals surface area (Å²) >= 11 is 0. The third kappa shape index (κ3) is 3.10. The van der Waals surface area contributed by atoms with Crippen LogP contribution in [0, 0.1) is 0 Å².